The van der Waals surface area contributed by atoms with Gasteiger partial charge in [-0.25, -0.2) is 9.98 Å². The van der Waals surface area contributed by atoms with E-state index in [1.54, 1.807) is 0 Å². The fraction of sp³-hybridized carbons (Fsp3) is 0.375. The number of aromatic nitrogens is 1. The van der Waals surface area contributed by atoms with Crippen molar-refractivity contribution in [3.8, 4) is 0 Å². The largest absolute Gasteiger partial charge is 0.234 e. The molecule has 1 atom stereocenters. The van der Waals surface area contributed by atoms with Crippen LogP contribution in [0, 0.1) is 5.92 Å². The topological polar surface area (TPSA) is 25.2 Å². The van der Waals surface area contributed by atoms with Crippen molar-refractivity contribution in [3.05, 3.63) is 34.9 Å². The summed E-state index contributed by atoms with van der Waals surface area (Å²) in [5.74, 6) is 1.82. The van der Waals surface area contributed by atoms with Crippen molar-refractivity contribution in [2.24, 2.45) is 10.9 Å². The van der Waals surface area contributed by atoms with Crippen molar-refractivity contribution in [1.82, 2.24) is 4.98 Å². The summed E-state index contributed by atoms with van der Waals surface area (Å²) in [6, 6.07) is 7.94. The summed E-state index contributed by atoms with van der Waals surface area (Å²) < 4.78 is 0. The van der Waals surface area contributed by atoms with Gasteiger partial charge < -0.3 is 0 Å². The predicted molar refractivity (Wildman–Crippen MR) is 90.4 cm³/mol. The van der Waals surface area contributed by atoms with E-state index in [0.717, 1.165) is 27.2 Å². The molecule has 0 bridgehead atoms. The average molecular weight is 305 g/mol. The Morgan fingerprint density at radius 1 is 1.40 bits per heavy atom. The van der Waals surface area contributed by atoms with Crippen LogP contribution in [-0.2, 0) is 0 Å². The summed E-state index contributed by atoms with van der Waals surface area (Å²) in [6.07, 6.45) is 2.50. The van der Waals surface area contributed by atoms with Crippen LogP contribution >= 0.6 is 20.8 Å². The summed E-state index contributed by atoms with van der Waals surface area (Å²) in [5.41, 5.74) is 3.26. The Balaban J connectivity index is 2.18. The lowest BCUT2D eigenvalue weighted by Crippen LogP contribution is -1.94. The van der Waals surface area contributed by atoms with Gasteiger partial charge >= 0.3 is 0 Å². The van der Waals surface area contributed by atoms with Gasteiger partial charge in [0.1, 0.15) is 0 Å². The molecule has 2 nitrogen and oxygen atoms in total. The number of benzene rings is 1. The van der Waals surface area contributed by atoms with Gasteiger partial charge in [-0.1, -0.05) is 40.8 Å². The highest BCUT2D eigenvalue weighted by atomic mass is 35.5. The molecule has 0 aliphatic heterocycles. The van der Waals surface area contributed by atoms with E-state index in [1.807, 2.05) is 18.2 Å². The summed E-state index contributed by atoms with van der Waals surface area (Å²) in [7, 11) is 2.76. The lowest BCUT2D eigenvalue weighted by molar-refractivity contribution is 0.874. The van der Waals surface area contributed by atoms with Crippen molar-refractivity contribution in [2.45, 2.75) is 32.6 Å². The molecule has 1 aliphatic rings. The molecule has 2 aromatic rings. The highest BCUT2D eigenvalue weighted by molar-refractivity contribution is 7.40. The molecule has 1 aliphatic carbocycles. The van der Waals surface area contributed by atoms with Gasteiger partial charge in [0, 0.05) is 16.8 Å². The number of rotatable bonds is 3. The zero-order chi connectivity index (χ0) is 14.3. The van der Waals surface area contributed by atoms with Crippen LogP contribution in [-0.4, -0.2) is 10.4 Å². The Hall–Kier alpha value is -0.980. The molecule has 1 heterocycles. The summed E-state index contributed by atoms with van der Waals surface area (Å²) in [5, 5.41) is 1.82. The zero-order valence-corrected chi connectivity index (χ0v) is 13.6. The smallest absolute Gasteiger partial charge is 0.153 e. The predicted octanol–water partition coefficient (Wildman–Crippen LogP) is 5.33. The molecule has 1 unspecified atom stereocenters. The molecule has 20 heavy (non-hydrogen) atoms. The first-order chi connectivity index (χ1) is 9.56. The lowest BCUT2D eigenvalue weighted by Gasteiger charge is -2.12. The van der Waals surface area contributed by atoms with Gasteiger partial charge in [-0.2, -0.15) is 0 Å². The van der Waals surface area contributed by atoms with E-state index in [2.05, 4.69) is 39.1 Å². The standard InChI is InChI=1S/C16H18ClN2P/c1-9(2)11-8-14(19-16(20)10-6-7-10)18-13-5-3-4-12(17)15(11)13/h3-5,8-10H,6-7,20H2,1-2H3. The highest BCUT2D eigenvalue weighted by Crippen LogP contribution is 2.36. The molecule has 1 aromatic heterocycles. The Bertz CT molecular complexity index is 690. The number of halogens is 1. The minimum absolute atomic E-state index is 0.392. The van der Waals surface area contributed by atoms with E-state index in [0.29, 0.717) is 11.8 Å². The molecule has 0 radical (unpaired) electrons. The Morgan fingerprint density at radius 2 is 2.15 bits per heavy atom. The molecule has 0 amide bonds. The van der Waals surface area contributed by atoms with Crippen molar-refractivity contribution < 1.29 is 0 Å². The Kier molecular flexibility index (Phi) is 3.79. The molecule has 4 heteroatoms. The van der Waals surface area contributed by atoms with Crippen LogP contribution in [0.15, 0.2) is 29.3 Å². The van der Waals surface area contributed by atoms with E-state index < -0.39 is 0 Å². The third kappa shape index (κ3) is 2.73. The third-order valence-corrected chi connectivity index (χ3v) is 4.58. The van der Waals surface area contributed by atoms with E-state index in [9.17, 15) is 0 Å². The van der Waals surface area contributed by atoms with Crippen molar-refractivity contribution in [2.75, 3.05) is 0 Å². The van der Waals surface area contributed by atoms with Crippen LogP contribution in [0.3, 0.4) is 0 Å². The van der Waals surface area contributed by atoms with Crippen LogP contribution in [0.4, 0.5) is 5.82 Å². The van der Waals surface area contributed by atoms with Crippen molar-refractivity contribution >= 4 is 43.0 Å². The average Bonchev–Trinajstić information content (AvgIpc) is 3.22. The Labute approximate surface area is 126 Å². The first-order valence-electron chi connectivity index (χ1n) is 6.99. The van der Waals surface area contributed by atoms with Gasteiger partial charge in [-0.05, 0) is 42.5 Å². The molecular formula is C16H18ClN2P. The second-order valence-electron chi connectivity index (χ2n) is 5.67. The monoisotopic (exact) mass is 304 g/mol. The van der Waals surface area contributed by atoms with E-state index in [-0.39, 0.29) is 0 Å². The molecule has 1 aromatic carbocycles. The quantitative estimate of drug-likeness (QED) is 0.556. The molecule has 104 valence electrons. The van der Waals surface area contributed by atoms with Gasteiger partial charge in [0.15, 0.2) is 5.82 Å². The first kappa shape index (κ1) is 14.0. The minimum atomic E-state index is 0.392. The maximum Gasteiger partial charge on any atom is 0.153 e. The fourth-order valence-corrected chi connectivity index (χ4v) is 3.12. The molecule has 0 saturated heterocycles. The maximum absolute atomic E-state index is 6.34. The Morgan fingerprint density at radius 3 is 2.80 bits per heavy atom. The molecule has 1 fully saturated rings. The molecule has 0 N–H and O–H groups in total. The summed E-state index contributed by atoms with van der Waals surface area (Å²) >= 11 is 6.34. The van der Waals surface area contributed by atoms with Gasteiger partial charge in [0.05, 0.1) is 10.5 Å². The van der Waals surface area contributed by atoms with Crippen LogP contribution in [0.1, 0.15) is 38.2 Å². The van der Waals surface area contributed by atoms with Crippen molar-refractivity contribution in [3.63, 3.8) is 0 Å². The second-order valence-corrected chi connectivity index (χ2v) is 6.67. The SMILES string of the molecule is CC(C)c1cc(N=C(P)C2CC2)nc2cccc(Cl)c12. The van der Waals surface area contributed by atoms with Gasteiger partial charge in [0.25, 0.3) is 0 Å². The number of fused-ring (bicyclic) bond motifs is 1. The third-order valence-electron chi connectivity index (χ3n) is 3.66. The van der Waals surface area contributed by atoms with Gasteiger partial charge in [-0.3, -0.25) is 0 Å². The molecule has 3 rings (SSSR count). The van der Waals surface area contributed by atoms with Gasteiger partial charge in [0.2, 0.25) is 0 Å². The number of pyridine rings is 1. The number of nitrogens with zero attached hydrogens (tertiary/aromatic N) is 2. The molecular weight excluding hydrogens is 287 g/mol. The second kappa shape index (κ2) is 5.42. The van der Waals surface area contributed by atoms with Crippen LogP contribution in [0.5, 0.6) is 0 Å². The van der Waals surface area contributed by atoms with Gasteiger partial charge in [-0.15, -0.1) is 0 Å². The van der Waals surface area contributed by atoms with Crippen LogP contribution in [0.2, 0.25) is 5.02 Å². The summed E-state index contributed by atoms with van der Waals surface area (Å²) in [4.78, 5) is 9.31. The van der Waals surface area contributed by atoms with E-state index in [1.165, 1.54) is 18.4 Å². The van der Waals surface area contributed by atoms with E-state index in [4.69, 9.17) is 11.6 Å². The van der Waals surface area contributed by atoms with Crippen LogP contribution < -0.4 is 0 Å². The van der Waals surface area contributed by atoms with Crippen molar-refractivity contribution in [1.29, 1.82) is 0 Å². The summed E-state index contributed by atoms with van der Waals surface area (Å²) in [6.45, 7) is 4.35. The fourth-order valence-electron chi connectivity index (χ4n) is 2.37. The first-order valence-corrected chi connectivity index (χ1v) is 7.95. The minimum Gasteiger partial charge on any atom is -0.234 e. The molecule has 1 saturated carbocycles. The normalized spacial score (nSPS) is 16.1. The van der Waals surface area contributed by atoms with E-state index >= 15 is 0 Å². The number of hydrogen-bond acceptors (Lipinski definition) is 2. The lowest BCUT2D eigenvalue weighted by atomic mass is 9.98. The number of aliphatic imine (C=N–C) groups is 1. The number of hydrogen-bond donors (Lipinski definition) is 0. The van der Waals surface area contributed by atoms with Crippen LogP contribution in [0.25, 0.3) is 10.9 Å². The molecule has 0 spiro atoms. The highest BCUT2D eigenvalue weighted by Gasteiger charge is 2.24. The zero-order valence-electron chi connectivity index (χ0n) is 11.7. The maximum atomic E-state index is 6.34.